The van der Waals surface area contributed by atoms with Crippen molar-refractivity contribution in [3.05, 3.63) is 18.2 Å². The minimum absolute atomic E-state index is 0.0120. The number of carbonyl (C=O) groups excluding carboxylic acids is 1. The van der Waals surface area contributed by atoms with Crippen molar-refractivity contribution < 1.29 is 13.2 Å². The third-order valence-electron chi connectivity index (χ3n) is 3.16. The first-order chi connectivity index (χ1) is 9.36. The van der Waals surface area contributed by atoms with Gasteiger partial charge in [0.1, 0.15) is 0 Å². The van der Waals surface area contributed by atoms with Gasteiger partial charge >= 0.3 is 0 Å². The second-order valence-electron chi connectivity index (χ2n) is 4.78. The molecule has 0 aliphatic carbocycles. The van der Waals surface area contributed by atoms with Crippen LogP contribution in [0.2, 0.25) is 0 Å². The van der Waals surface area contributed by atoms with E-state index >= 15 is 0 Å². The molecular weight excluding hydrogens is 280 g/mol. The monoisotopic (exact) mass is 298 g/mol. The molecule has 0 bridgehead atoms. The Morgan fingerprint density at radius 1 is 1.25 bits per heavy atom. The standard InChI is InChI=1S/C12H18N4O3S/c13-9-5-10(7-11(6-9)20(14,18)19)15-8-12(17)16-3-1-2-4-16/h5-7,15H,1-4,8,13H2,(H2,14,18,19). The molecule has 1 aromatic rings. The molecule has 8 heteroatoms. The molecule has 0 unspecified atom stereocenters. The number of hydrogen-bond acceptors (Lipinski definition) is 5. The largest absolute Gasteiger partial charge is 0.399 e. The minimum Gasteiger partial charge on any atom is -0.399 e. The zero-order valence-corrected chi connectivity index (χ0v) is 11.8. The number of benzene rings is 1. The van der Waals surface area contributed by atoms with Gasteiger partial charge in [0.25, 0.3) is 0 Å². The van der Waals surface area contributed by atoms with Crippen molar-refractivity contribution in [3.63, 3.8) is 0 Å². The average Bonchev–Trinajstić information content (AvgIpc) is 2.88. The molecule has 2 rings (SSSR count). The first-order valence-corrected chi connectivity index (χ1v) is 7.86. The highest BCUT2D eigenvalue weighted by Gasteiger charge is 2.17. The maximum atomic E-state index is 11.9. The van der Waals surface area contributed by atoms with E-state index in [1.165, 1.54) is 12.1 Å². The zero-order chi connectivity index (χ0) is 14.8. The molecule has 0 aromatic heterocycles. The Morgan fingerprint density at radius 2 is 1.90 bits per heavy atom. The molecule has 110 valence electrons. The smallest absolute Gasteiger partial charge is 0.241 e. The molecule has 0 spiro atoms. The van der Waals surface area contributed by atoms with Crippen molar-refractivity contribution in [2.75, 3.05) is 30.7 Å². The second kappa shape index (κ2) is 5.68. The van der Waals surface area contributed by atoms with Crippen LogP contribution in [-0.4, -0.2) is 38.9 Å². The summed E-state index contributed by atoms with van der Waals surface area (Å²) in [4.78, 5) is 13.6. The number of amides is 1. The summed E-state index contributed by atoms with van der Waals surface area (Å²) in [6, 6.07) is 4.21. The highest BCUT2D eigenvalue weighted by molar-refractivity contribution is 7.89. The maximum Gasteiger partial charge on any atom is 0.241 e. The Bertz CT molecular complexity index is 609. The quantitative estimate of drug-likeness (QED) is 0.673. The van der Waals surface area contributed by atoms with Crippen molar-refractivity contribution in [2.24, 2.45) is 5.14 Å². The van der Waals surface area contributed by atoms with Crippen LogP contribution in [0.15, 0.2) is 23.1 Å². The van der Waals surface area contributed by atoms with Crippen molar-refractivity contribution >= 4 is 27.3 Å². The molecule has 0 radical (unpaired) electrons. The number of likely N-dealkylation sites (tertiary alicyclic amines) is 1. The van der Waals surface area contributed by atoms with Crippen LogP contribution in [0.3, 0.4) is 0 Å². The Kier molecular flexibility index (Phi) is 4.15. The lowest BCUT2D eigenvalue weighted by Crippen LogP contribution is -2.33. The molecule has 5 N–H and O–H groups in total. The Balaban J connectivity index is 2.06. The number of anilines is 2. The number of nitrogens with two attached hydrogens (primary N) is 2. The predicted molar refractivity (Wildman–Crippen MR) is 76.5 cm³/mol. The van der Waals surface area contributed by atoms with Gasteiger partial charge in [-0.25, -0.2) is 13.6 Å². The first kappa shape index (κ1) is 14.6. The van der Waals surface area contributed by atoms with Gasteiger partial charge < -0.3 is 16.0 Å². The van der Waals surface area contributed by atoms with Gasteiger partial charge in [-0.3, -0.25) is 4.79 Å². The minimum atomic E-state index is -3.82. The van der Waals surface area contributed by atoms with Crippen LogP contribution in [-0.2, 0) is 14.8 Å². The van der Waals surface area contributed by atoms with Gasteiger partial charge in [0, 0.05) is 24.5 Å². The van der Waals surface area contributed by atoms with E-state index in [0.29, 0.717) is 5.69 Å². The van der Waals surface area contributed by atoms with Gasteiger partial charge in [0.15, 0.2) is 0 Å². The number of nitrogen functional groups attached to an aromatic ring is 1. The van der Waals surface area contributed by atoms with Crippen LogP contribution in [0, 0.1) is 0 Å². The van der Waals surface area contributed by atoms with Gasteiger partial charge in [-0.05, 0) is 31.0 Å². The molecule has 20 heavy (non-hydrogen) atoms. The topological polar surface area (TPSA) is 119 Å². The number of sulfonamides is 1. The SMILES string of the molecule is Nc1cc(NCC(=O)N2CCCC2)cc(S(N)(=O)=O)c1. The lowest BCUT2D eigenvalue weighted by molar-refractivity contribution is -0.128. The summed E-state index contributed by atoms with van der Waals surface area (Å²) in [5.74, 6) is -0.0120. The van der Waals surface area contributed by atoms with E-state index in [9.17, 15) is 13.2 Å². The molecule has 1 fully saturated rings. The number of carbonyl (C=O) groups is 1. The van der Waals surface area contributed by atoms with Crippen LogP contribution >= 0.6 is 0 Å². The number of nitrogens with zero attached hydrogens (tertiary/aromatic N) is 1. The maximum absolute atomic E-state index is 11.9. The van der Waals surface area contributed by atoms with Crippen LogP contribution < -0.4 is 16.2 Å². The fourth-order valence-electron chi connectivity index (χ4n) is 2.14. The Labute approximate surface area is 118 Å². The molecule has 1 aliphatic heterocycles. The van der Waals surface area contributed by atoms with E-state index in [1.807, 2.05) is 0 Å². The van der Waals surface area contributed by atoms with Crippen LogP contribution in [0.5, 0.6) is 0 Å². The van der Waals surface area contributed by atoms with Gasteiger partial charge in [-0.15, -0.1) is 0 Å². The lowest BCUT2D eigenvalue weighted by Gasteiger charge is -2.16. The summed E-state index contributed by atoms with van der Waals surface area (Å²) in [6.07, 6.45) is 2.05. The zero-order valence-electron chi connectivity index (χ0n) is 11.0. The second-order valence-corrected chi connectivity index (χ2v) is 6.34. The molecule has 1 saturated heterocycles. The van der Waals surface area contributed by atoms with Crippen LogP contribution in [0.4, 0.5) is 11.4 Å². The molecule has 1 amide bonds. The van der Waals surface area contributed by atoms with Crippen molar-refractivity contribution in [3.8, 4) is 0 Å². The van der Waals surface area contributed by atoms with E-state index < -0.39 is 10.0 Å². The summed E-state index contributed by atoms with van der Waals surface area (Å²) >= 11 is 0. The highest BCUT2D eigenvalue weighted by Crippen LogP contribution is 2.19. The van der Waals surface area contributed by atoms with Crippen LogP contribution in [0.25, 0.3) is 0 Å². The van der Waals surface area contributed by atoms with Crippen molar-refractivity contribution in [2.45, 2.75) is 17.7 Å². The Hall–Kier alpha value is -1.80. The summed E-state index contributed by atoms with van der Waals surface area (Å²) in [7, 11) is -3.82. The molecule has 0 atom stereocenters. The summed E-state index contributed by atoms with van der Waals surface area (Å²) < 4.78 is 22.6. The molecule has 1 aliphatic rings. The molecule has 0 saturated carbocycles. The Morgan fingerprint density at radius 3 is 2.50 bits per heavy atom. The highest BCUT2D eigenvalue weighted by atomic mass is 32.2. The van der Waals surface area contributed by atoms with Gasteiger partial charge in [0.2, 0.25) is 15.9 Å². The number of nitrogens with one attached hydrogen (secondary N) is 1. The third-order valence-corrected chi connectivity index (χ3v) is 4.05. The fourth-order valence-corrected chi connectivity index (χ4v) is 2.74. The lowest BCUT2D eigenvalue weighted by atomic mass is 10.3. The number of hydrogen-bond donors (Lipinski definition) is 3. The molecule has 1 aromatic carbocycles. The van der Waals surface area contributed by atoms with Gasteiger partial charge in [0.05, 0.1) is 11.4 Å². The van der Waals surface area contributed by atoms with E-state index in [0.717, 1.165) is 25.9 Å². The molecule has 7 nitrogen and oxygen atoms in total. The normalized spacial score (nSPS) is 15.3. The number of rotatable bonds is 4. The van der Waals surface area contributed by atoms with E-state index in [1.54, 1.807) is 11.0 Å². The molecular formula is C12H18N4O3S. The fraction of sp³-hybridized carbons (Fsp3) is 0.417. The average molecular weight is 298 g/mol. The summed E-state index contributed by atoms with van der Waals surface area (Å²) in [5.41, 5.74) is 6.36. The van der Waals surface area contributed by atoms with Crippen molar-refractivity contribution in [1.82, 2.24) is 4.90 Å². The van der Waals surface area contributed by atoms with E-state index in [2.05, 4.69) is 5.32 Å². The van der Waals surface area contributed by atoms with Crippen LogP contribution in [0.1, 0.15) is 12.8 Å². The first-order valence-electron chi connectivity index (χ1n) is 6.31. The summed E-state index contributed by atoms with van der Waals surface area (Å²) in [5, 5.41) is 7.95. The van der Waals surface area contributed by atoms with Gasteiger partial charge in [-0.1, -0.05) is 0 Å². The third kappa shape index (κ3) is 3.61. The van der Waals surface area contributed by atoms with E-state index in [-0.39, 0.29) is 23.0 Å². The van der Waals surface area contributed by atoms with E-state index in [4.69, 9.17) is 10.9 Å². The number of primary sulfonamides is 1. The van der Waals surface area contributed by atoms with Crippen molar-refractivity contribution in [1.29, 1.82) is 0 Å². The predicted octanol–water partition coefficient (Wildman–Crippen LogP) is -0.0495. The summed E-state index contributed by atoms with van der Waals surface area (Å²) in [6.45, 7) is 1.66. The van der Waals surface area contributed by atoms with Gasteiger partial charge in [-0.2, -0.15) is 0 Å². The molecule has 1 heterocycles.